The molecule has 7 heteroatoms. The molecule has 0 aromatic rings. The summed E-state index contributed by atoms with van der Waals surface area (Å²) in [7, 11) is 0. The van der Waals surface area contributed by atoms with Crippen molar-refractivity contribution < 1.29 is 24.1 Å². The van der Waals surface area contributed by atoms with Crippen molar-refractivity contribution in [3.05, 3.63) is 0 Å². The van der Waals surface area contributed by atoms with Gasteiger partial charge in [0, 0.05) is 26.1 Å². The van der Waals surface area contributed by atoms with Gasteiger partial charge in [-0.25, -0.2) is 0 Å². The number of hydrogen-bond donors (Lipinski definition) is 1. The molecule has 1 amide bonds. The first-order valence-electron chi connectivity index (χ1n) is 19.0. The lowest BCUT2D eigenvalue weighted by atomic mass is 9.46. The molecule has 8 rings (SSSR count). The number of ether oxygens (including phenoxy) is 3. The number of fused-ring (bicyclic) bond motifs is 4. The Kier molecular flexibility index (Phi) is 7.45. The molecule has 0 aromatic carbocycles. The number of hydrogen-bond acceptors (Lipinski definition) is 6. The molecule has 1 N–H and O–H groups in total. The molecule has 3 heterocycles. The highest BCUT2D eigenvalue weighted by Gasteiger charge is 2.80. The Bertz CT molecular complexity index is 1170. The Morgan fingerprint density at radius 2 is 1.76 bits per heavy atom. The van der Waals surface area contributed by atoms with Crippen molar-refractivity contribution in [3.8, 4) is 0 Å². The summed E-state index contributed by atoms with van der Waals surface area (Å²) in [5, 5.41) is 10.5. The fraction of sp³-hybridized carbons (Fsp3) is 0.974. The minimum Gasteiger partial charge on any atom is -0.390 e. The van der Waals surface area contributed by atoms with Crippen molar-refractivity contribution in [2.45, 2.75) is 155 Å². The van der Waals surface area contributed by atoms with E-state index in [1.807, 2.05) is 18.7 Å². The molecule has 3 aliphatic heterocycles. The number of carbonyl (C=O) groups excluding carboxylic acids is 1. The molecule has 0 radical (unpaired) electrons. The first kappa shape index (κ1) is 31.5. The fourth-order valence-electron chi connectivity index (χ4n) is 13.8. The van der Waals surface area contributed by atoms with Crippen LogP contribution in [0.2, 0.25) is 0 Å². The summed E-state index contributed by atoms with van der Waals surface area (Å²) in [6.07, 6.45) is 15.3. The zero-order chi connectivity index (χ0) is 31.6. The second-order valence-electron chi connectivity index (χ2n) is 18.6. The highest BCUT2D eigenvalue weighted by atomic mass is 16.7. The van der Waals surface area contributed by atoms with Crippen LogP contribution >= 0.6 is 0 Å². The largest absolute Gasteiger partial charge is 0.390 e. The van der Waals surface area contributed by atoms with Crippen LogP contribution in [-0.4, -0.2) is 89.8 Å². The molecule has 10 unspecified atom stereocenters. The third-order valence-electron chi connectivity index (χ3n) is 15.8. The lowest BCUT2D eigenvalue weighted by molar-refractivity contribution is -0.247. The maximum absolute atomic E-state index is 13.0. The van der Waals surface area contributed by atoms with Gasteiger partial charge in [-0.1, -0.05) is 20.8 Å². The Morgan fingerprint density at radius 3 is 2.51 bits per heavy atom. The molecular formula is C38H62N2O5. The second-order valence-corrected chi connectivity index (χ2v) is 18.6. The highest BCUT2D eigenvalue weighted by molar-refractivity contribution is 5.84. The monoisotopic (exact) mass is 626 g/mol. The summed E-state index contributed by atoms with van der Waals surface area (Å²) >= 11 is 0. The number of amides is 1. The average Bonchev–Trinajstić information content (AvgIpc) is 3.35. The van der Waals surface area contributed by atoms with Gasteiger partial charge in [0.05, 0.1) is 43.1 Å². The van der Waals surface area contributed by atoms with Gasteiger partial charge in [0.1, 0.15) is 0 Å². The molecule has 0 aromatic heterocycles. The number of carbonyl (C=O) groups is 1. The third-order valence-corrected chi connectivity index (χ3v) is 15.8. The van der Waals surface area contributed by atoms with E-state index < -0.39 is 5.60 Å². The molecule has 0 bridgehead atoms. The topological polar surface area (TPSA) is 71.5 Å². The minimum absolute atomic E-state index is 0.00148. The first-order chi connectivity index (χ1) is 21.3. The molecule has 5 saturated carbocycles. The first-order valence-corrected chi connectivity index (χ1v) is 19.0. The zero-order valence-corrected chi connectivity index (χ0v) is 29.2. The van der Waals surface area contributed by atoms with E-state index in [1.165, 1.54) is 51.4 Å². The second kappa shape index (κ2) is 10.6. The van der Waals surface area contributed by atoms with E-state index in [-0.39, 0.29) is 30.0 Å². The predicted octanol–water partition coefficient (Wildman–Crippen LogP) is 6.02. The maximum atomic E-state index is 13.0. The SMILES string of the molecule is CCN1CCC(N2CCOC(O[C@H]3CCC45C[C@]46CCC4(C)C7CCC(CC(C)(C)O)OC7CC4C6CCC5C3(C)C)C2)C1=O. The van der Waals surface area contributed by atoms with Crippen molar-refractivity contribution in [3.63, 3.8) is 0 Å². The van der Waals surface area contributed by atoms with Crippen LogP contribution in [0.1, 0.15) is 119 Å². The lowest BCUT2D eigenvalue weighted by Crippen LogP contribution is -2.57. The maximum Gasteiger partial charge on any atom is 0.239 e. The van der Waals surface area contributed by atoms with E-state index in [2.05, 4.69) is 32.6 Å². The van der Waals surface area contributed by atoms with Crippen LogP contribution in [-0.2, 0) is 19.0 Å². The molecule has 8 aliphatic rings. The minimum atomic E-state index is -0.654. The van der Waals surface area contributed by atoms with Gasteiger partial charge in [0.2, 0.25) is 5.91 Å². The van der Waals surface area contributed by atoms with Crippen LogP contribution in [0.5, 0.6) is 0 Å². The number of likely N-dealkylation sites (tertiary alicyclic amines) is 1. The number of rotatable bonds is 6. The Morgan fingerprint density at radius 1 is 0.956 bits per heavy atom. The Labute approximate surface area is 272 Å². The molecule has 5 aliphatic carbocycles. The summed E-state index contributed by atoms with van der Waals surface area (Å²) in [4.78, 5) is 17.3. The van der Waals surface area contributed by atoms with Crippen LogP contribution in [0.4, 0.5) is 0 Å². The molecule has 3 saturated heterocycles. The molecule has 8 fully saturated rings. The van der Waals surface area contributed by atoms with Crippen molar-refractivity contribution in [1.82, 2.24) is 9.80 Å². The van der Waals surface area contributed by atoms with Crippen LogP contribution in [0.25, 0.3) is 0 Å². The fourth-order valence-corrected chi connectivity index (χ4v) is 13.8. The van der Waals surface area contributed by atoms with Crippen molar-refractivity contribution >= 4 is 5.91 Å². The smallest absolute Gasteiger partial charge is 0.239 e. The van der Waals surface area contributed by atoms with Gasteiger partial charge >= 0.3 is 0 Å². The van der Waals surface area contributed by atoms with E-state index in [1.54, 1.807) is 0 Å². The summed E-state index contributed by atoms with van der Waals surface area (Å²) in [5.74, 6) is 3.35. The number of aliphatic hydroxyl groups is 1. The van der Waals surface area contributed by atoms with Gasteiger partial charge in [0.15, 0.2) is 6.29 Å². The van der Waals surface area contributed by atoms with Gasteiger partial charge in [-0.05, 0) is 137 Å². The predicted molar refractivity (Wildman–Crippen MR) is 173 cm³/mol. The van der Waals surface area contributed by atoms with Crippen LogP contribution in [0.15, 0.2) is 0 Å². The van der Waals surface area contributed by atoms with E-state index in [0.29, 0.717) is 47.3 Å². The molecular weight excluding hydrogens is 564 g/mol. The van der Waals surface area contributed by atoms with E-state index in [0.717, 1.165) is 63.1 Å². The summed E-state index contributed by atoms with van der Waals surface area (Å²) in [5.41, 5.74) is 0.926. The summed E-state index contributed by atoms with van der Waals surface area (Å²) in [6.45, 7) is 17.5. The third kappa shape index (κ3) is 4.70. The Hall–Kier alpha value is -0.730. The molecule has 7 nitrogen and oxygen atoms in total. The molecule has 12 atom stereocenters. The van der Waals surface area contributed by atoms with Crippen molar-refractivity contribution in [2.24, 2.45) is 45.3 Å². The zero-order valence-electron chi connectivity index (χ0n) is 29.2. The molecule has 2 spiro atoms. The number of likely N-dealkylation sites (N-methyl/N-ethyl adjacent to an activating group) is 1. The quantitative estimate of drug-likeness (QED) is 0.389. The summed E-state index contributed by atoms with van der Waals surface area (Å²) < 4.78 is 20.0. The van der Waals surface area contributed by atoms with Crippen molar-refractivity contribution in [1.29, 1.82) is 0 Å². The molecule has 254 valence electrons. The van der Waals surface area contributed by atoms with Gasteiger partial charge in [-0.2, -0.15) is 0 Å². The van der Waals surface area contributed by atoms with E-state index >= 15 is 0 Å². The van der Waals surface area contributed by atoms with Gasteiger partial charge in [-0.3, -0.25) is 9.69 Å². The normalized spacial score (nSPS) is 50.8. The van der Waals surface area contributed by atoms with E-state index in [9.17, 15) is 9.90 Å². The van der Waals surface area contributed by atoms with Gasteiger partial charge in [-0.15, -0.1) is 0 Å². The number of nitrogens with zero attached hydrogens (tertiary/aromatic N) is 2. The van der Waals surface area contributed by atoms with Crippen molar-refractivity contribution in [2.75, 3.05) is 32.8 Å². The van der Waals surface area contributed by atoms with Crippen LogP contribution < -0.4 is 0 Å². The van der Waals surface area contributed by atoms with Gasteiger partial charge in [0.25, 0.3) is 0 Å². The number of morpholine rings is 1. The van der Waals surface area contributed by atoms with Crippen LogP contribution in [0, 0.1) is 45.3 Å². The highest BCUT2D eigenvalue weighted by Crippen LogP contribution is 2.87. The van der Waals surface area contributed by atoms with Crippen LogP contribution in [0.3, 0.4) is 0 Å². The van der Waals surface area contributed by atoms with Gasteiger partial charge < -0.3 is 24.2 Å². The average molecular weight is 627 g/mol. The molecule has 45 heavy (non-hydrogen) atoms. The standard InChI is InChI=1S/C38H62N2O5/c1-7-39-17-13-28(33(39)41)40-18-19-43-32(22-40)45-31-12-14-38-23-37(38)16-15-36(6)26-9-8-24(21-34(2,3)42)44-29(26)20-27(36)25(37)10-11-30(38)35(31,4)5/h24-32,42H,7-23H2,1-6H3/t24?,25?,26?,27?,28?,29?,30?,31-,32?,36?,37-,38?/m0/s1. The summed E-state index contributed by atoms with van der Waals surface area (Å²) in [6, 6.07) is -0.00148. The van der Waals surface area contributed by atoms with E-state index in [4.69, 9.17) is 14.2 Å². The Balaban J connectivity index is 0.945. The lowest BCUT2D eigenvalue weighted by Gasteiger charge is -2.60.